The van der Waals surface area contributed by atoms with Crippen molar-refractivity contribution in [2.75, 3.05) is 0 Å². The normalized spacial score (nSPS) is 12.3. The number of primary sulfonamides is 1. The first-order valence-corrected chi connectivity index (χ1v) is 7.50. The molecule has 0 saturated heterocycles. The summed E-state index contributed by atoms with van der Waals surface area (Å²) >= 11 is 5.90. The van der Waals surface area contributed by atoms with Gasteiger partial charge in [-0.2, -0.15) is 0 Å². The SMILES string of the molecule is Cc1cc(C(=O)NC(C)(C)C)cc(S(N)(=O)=O)c1Cl. The Morgan fingerprint density at radius 1 is 1.32 bits per heavy atom. The van der Waals surface area contributed by atoms with E-state index in [2.05, 4.69) is 5.32 Å². The topological polar surface area (TPSA) is 89.3 Å². The maximum Gasteiger partial charge on any atom is 0.251 e. The van der Waals surface area contributed by atoms with E-state index in [4.69, 9.17) is 16.7 Å². The van der Waals surface area contributed by atoms with Crippen LogP contribution in [0.3, 0.4) is 0 Å². The predicted molar refractivity (Wildman–Crippen MR) is 74.8 cm³/mol. The van der Waals surface area contributed by atoms with E-state index in [9.17, 15) is 13.2 Å². The quantitative estimate of drug-likeness (QED) is 0.873. The number of hydrogen-bond donors (Lipinski definition) is 2. The molecule has 3 N–H and O–H groups in total. The fourth-order valence-corrected chi connectivity index (χ4v) is 2.62. The Labute approximate surface area is 118 Å². The van der Waals surface area contributed by atoms with Crippen molar-refractivity contribution in [3.8, 4) is 0 Å². The van der Waals surface area contributed by atoms with Gasteiger partial charge in [0.2, 0.25) is 10.0 Å². The minimum absolute atomic E-state index is 0.0369. The summed E-state index contributed by atoms with van der Waals surface area (Å²) in [6, 6.07) is 2.71. The smallest absolute Gasteiger partial charge is 0.251 e. The van der Waals surface area contributed by atoms with Crippen LogP contribution in [0, 0.1) is 6.92 Å². The number of sulfonamides is 1. The Kier molecular flexibility index (Phi) is 4.29. The van der Waals surface area contributed by atoms with Crippen molar-refractivity contribution in [3.05, 3.63) is 28.3 Å². The first-order valence-electron chi connectivity index (χ1n) is 5.57. The van der Waals surface area contributed by atoms with Gasteiger partial charge in [0, 0.05) is 11.1 Å². The Balaban J connectivity index is 3.33. The highest BCUT2D eigenvalue weighted by Crippen LogP contribution is 2.26. The lowest BCUT2D eigenvalue weighted by Gasteiger charge is -2.21. The average molecular weight is 305 g/mol. The molecule has 0 aliphatic rings. The van der Waals surface area contributed by atoms with Crippen LogP contribution in [0.25, 0.3) is 0 Å². The number of carbonyl (C=O) groups is 1. The second kappa shape index (κ2) is 5.11. The fourth-order valence-electron chi connectivity index (χ4n) is 1.49. The summed E-state index contributed by atoms with van der Waals surface area (Å²) in [5.74, 6) is -0.378. The van der Waals surface area contributed by atoms with E-state index in [1.54, 1.807) is 6.92 Å². The number of nitrogens with two attached hydrogens (primary N) is 1. The lowest BCUT2D eigenvalue weighted by atomic mass is 10.1. The number of aryl methyl sites for hydroxylation is 1. The monoisotopic (exact) mass is 304 g/mol. The minimum atomic E-state index is -3.97. The van der Waals surface area contributed by atoms with Gasteiger partial charge < -0.3 is 5.32 Å². The number of amides is 1. The summed E-state index contributed by atoms with van der Waals surface area (Å²) in [7, 11) is -3.97. The van der Waals surface area contributed by atoms with Crippen LogP contribution in [0.15, 0.2) is 17.0 Å². The van der Waals surface area contributed by atoms with Crippen molar-refractivity contribution >= 4 is 27.5 Å². The molecule has 19 heavy (non-hydrogen) atoms. The summed E-state index contributed by atoms with van der Waals surface area (Å²) in [5, 5.41) is 7.86. The minimum Gasteiger partial charge on any atom is -0.347 e. The standard InChI is InChI=1S/C12H17ClN2O3S/c1-7-5-8(11(16)15-12(2,3)4)6-9(10(7)13)19(14,17)18/h5-6H,1-4H3,(H,15,16)(H2,14,17,18). The molecule has 106 valence electrons. The lowest BCUT2D eigenvalue weighted by Crippen LogP contribution is -2.40. The predicted octanol–water partition coefficient (Wildman–Crippen LogP) is 1.82. The first-order chi connectivity index (χ1) is 8.42. The van der Waals surface area contributed by atoms with Crippen LogP contribution in [0.1, 0.15) is 36.7 Å². The van der Waals surface area contributed by atoms with Crippen molar-refractivity contribution < 1.29 is 13.2 Å². The highest BCUT2D eigenvalue weighted by Gasteiger charge is 2.21. The van der Waals surface area contributed by atoms with E-state index in [0.717, 1.165) is 0 Å². The Morgan fingerprint density at radius 2 is 1.84 bits per heavy atom. The molecule has 1 aromatic carbocycles. The average Bonchev–Trinajstić information content (AvgIpc) is 2.17. The zero-order chi connectivity index (χ0) is 15.0. The van der Waals surface area contributed by atoms with E-state index >= 15 is 0 Å². The molecule has 0 bridgehead atoms. The van der Waals surface area contributed by atoms with Crippen LogP contribution in [0.2, 0.25) is 5.02 Å². The summed E-state index contributed by atoms with van der Waals surface area (Å²) < 4.78 is 22.9. The molecule has 0 radical (unpaired) electrons. The molecule has 0 fully saturated rings. The number of nitrogens with one attached hydrogen (secondary N) is 1. The van der Waals surface area contributed by atoms with E-state index < -0.39 is 15.6 Å². The summed E-state index contributed by atoms with van der Waals surface area (Å²) in [6.45, 7) is 7.10. The van der Waals surface area contributed by atoms with Gasteiger partial charge in [0.25, 0.3) is 5.91 Å². The van der Waals surface area contributed by atoms with Gasteiger partial charge in [-0.15, -0.1) is 0 Å². The molecule has 0 aliphatic carbocycles. The van der Waals surface area contributed by atoms with Gasteiger partial charge in [0.1, 0.15) is 4.90 Å². The molecular weight excluding hydrogens is 288 g/mol. The molecule has 0 saturated carbocycles. The largest absolute Gasteiger partial charge is 0.347 e. The summed E-state index contributed by atoms with van der Waals surface area (Å²) in [5.41, 5.74) is 0.264. The molecular formula is C12H17ClN2O3S. The van der Waals surface area contributed by atoms with E-state index in [0.29, 0.717) is 5.56 Å². The zero-order valence-electron chi connectivity index (χ0n) is 11.2. The van der Waals surface area contributed by atoms with Crippen LogP contribution < -0.4 is 10.5 Å². The van der Waals surface area contributed by atoms with Crippen molar-refractivity contribution in [2.24, 2.45) is 5.14 Å². The molecule has 0 heterocycles. The van der Waals surface area contributed by atoms with Crippen molar-refractivity contribution in [2.45, 2.75) is 38.1 Å². The highest BCUT2D eigenvalue weighted by atomic mass is 35.5. The summed E-state index contributed by atoms with van der Waals surface area (Å²) in [6.07, 6.45) is 0. The molecule has 1 aromatic rings. The third-order valence-corrected chi connectivity index (χ3v) is 3.83. The lowest BCUT2D eigenvalue weighted by molar-refractivity contribution is 0.0919. The van der Waals surface area contributed by atoms with Crippen LogP contribution >= 0.6 is 11.6 Å². The van der Waals surface area contributed by atoms with Crippen LogP contribution in [0.4, 0.5) is 0 Å². The Morgan fingerprint density at radius 3 is 2.26 bits per heavy atom. The molecule has 0 unspecified atom stereocenters. The van der Waals surface area contributed by atoms with Crippen molar-refractivity contribution in [1.29, 1.82) is 0 Å². The zero-order valence-corrected chi connectivity index (χ0v) is 12.8. The second-order valence-electron chi connectivity index (χ2n) is 5.35. The Hall–Kier alpha value is -1.11. The molecule has 5 nitrogen and oxygen atoms in total. The van der Waals surface area contributed by atoms with Gasteiger partial charge in [-0.3, -0.25) is 4.79 Å². The van der Waals surface area contributed by atoms with Crippen LogP contribution in [0.5, 0.6) is 0 Å². The number of rotatable bonds is 2. The van der Waals surface area contributed by atoms with E-state index in [1.807, 2.05) is 20.8 Å². The van der Waals surface area contributed by atoms with Crippen LogP contribution in [-0.4, -0.2) is 19.9 Å². The van der Waals surface area contributed by atoms with Gasteiger partial charge in [-0.25, -0.2) is 13.6 Å². The molecule has 0 atom stereocenters. The molecule has 1 rings (SSSR count). The van der Waals surface area contributed by atoms with E-state index in [1.165, 1.54) is 12.1 Å². The van der Waals surface area contributed by atoms with Gasteiger partial charge in [-0.05, 0) is 45.4 Å². The number of carbonyl (C=O) groups excluding carboxylic acids is 1. The maximum absolute atomic E-state index is 12.0. The van der Waals surface area contributed by atoms with E-state index in [-0.39, 0.29) is 21.4 Å². The van der Waals surface area contributed by atoms with Crippen LogP contribution in [-0.2, 0) is 10.0 Å². The summed E-state index contributed by atoms with van der Waals surface area (Å²) in [4.78, 5) is 11.8. The Bertz CT molecular complexity index is 619. The van der Waals surface area contributed by atoms with Gasteiger partial charge in [-0.1, -0.05) is 11.6 Å². The number of hydrogen-bond acceptors (Lipinski definition) is 3. The van der Waals surface area contributed by atoms with Crippen molar-refractivity contribution in [3.63, 3.8) is 0 Å². The van der Waals surface area contributed by atoms with Gasteiger partial charge in [0.05, 0.1) is 5.02 Å². The third kappa shape index (κ3) is 4.19. The molecule has 1 amide bonds. The van der Waals surface area contributed by atoms with Gasteiger partial charge in [0.15, 0.2) is 0 Å². The first kappa shape index (κ1) is 15.9. The molecule has 0 spiro atoms. The van der Waals surface area contributed by atoms with Crippen molar-refractivity contribution in [1.82, 2.24) is 5.32 Å². The molecule has 0 aliphatic heterocycles. The third-order valence-electron chi connectivity index (χ3n) is 2.28. The van der Waals surface area contributed by atoms with Gasteiger partial charge >= 0.3 is 0 Å². The molecule has 7 heteroatoms. The maximum atomic E-state index is 12.0. The number of benzene rings is 1. The highest BCUT2D eigenvalue weighted by molar-refractivity contribution is 7.89. The number of halogens is 1. The molecule has 0 aromatic heterocycles. The fraction of sp³-hybridized carbons (Fsp3) is 0.417. The second-order valence-corrected chi connectivity index (χ2v) is 7.26.